The van der Waals surface area contributed by atoms with Crippen molar-refractivity contribution in [2.24, 2.45) is 0 Å². The van der Waals surface area contributed by atoms with Crippen molar-refractivity contribution in [3.63, 3.8) is 0 Å². The van der Waals surface area contributed by atoms with Gasteiger partial charge in [0.15, 0.2) is 0 Å². The molecule has 3 rings (SSSR count). The highest BCUT2D eigenvalue weighted by Gasteiger charge is 2.27. The summed E-state index contributed by atoms with van der Waals surface area (Å²) in [5, 5.41) is 7.53. The minimum Gasteiger partial charge on any atom is -0.491 e. The fourth-order valence-corrected chi connectivity index (χ4v) is 3.34. The standard InChI is InChI=1S/C19H25N3O2/c1-5-14(6-2)22-13(4)16(10-20-22)19(23)21-17-11-24-18-8-7-12(3)9-15(17)18/h7-10,14,17H,5-6,11H2,1-4H3,(H,21,23)/t17-/m0/s1. The molecule has 2 heterocycles. The highest BCUT2D eigenvalue weighted by Crippen LogP contribution is 2.33. The van der Waals surface area contributed by atoms with Crippen molar-refractivity contribution in [2.45, 2.75) is 52.6 Å². The van der Waals surface area contributed by atoms with Crippen molar-refractivity contribution in [3.8, 4) is 5.75 Å². The quantitative estimate of drug-likeness (QED) is 0.910. The molecule has 24 heavy (non-hydrogen) atoms. The van der Waals surface area contributed by atoms with E-state index in [4.69, 9.17) is 4.74 Å². The maximum Gasteiger partial charge on any atom is 0.255 e. The van der Waals surface area contributed by atoms with Crippen LogP contribution in [-0.4, -0.2) is 22.3 Å². The molecule has 5 heteroatoms. The number of nitrogens with zero attached hydrogens (tertiary/aromatic N) is 2. The summed E-state index contributed by atoms with van der Waals surface area (Å²) in [7, 11) is 0. The van der Waals surface area contributed by atoms with E-state index in [0.717, 1.165) is 35.4 Å². The van der Waals surface area contributed by atoms with Crippen LogP contribution in [0.3, 0.4) is 0 Å². The van der Waals surface area contributed by atoms with E-state index in [2.05, 4.69) is 30.3 Å². The number of carbonyl (C=O) groups is 1. The van der Waals surface area contributed by atoms with E-state index in [0.29, 0.717) is 18.2 Å². The first kappa shape index (κ1) is 16.6. The SMILES string of the molecule is CCC(CC)n1ncc(C(=O)N[C@H]2COc3ccc(C)cc32)c1C. The molecule has 5 nitrogen and oxygen atoms in total. The molecular formula is C19H25N3O2. The summed E-state index contributed by atoms with van der Waals surface area (Å²) in [5.74, 6) is 0.767. The zero-order valence-corrected chi connectivity index (χ0v) is 14.8. The van der Waals surface area contributed by atoms with Crippen molar-refractivity contribution in [2.75, 3.05) is 6.61 Å². The Morgan fingerprint density at radius 1 is 1.38 bits per heavy atom. The second-order valence-electron chi connectivity index (χ2n) is 6.44. The summed E-state index contributed by atoms with van der Waals surface area (Å²) in [5.41, 5.74) is 3.78. The van der Waals surface area contributed by atoms with Crippen LogP contribution in [0, 0.1) is 13.8 Å². The number of fused-ring (bicyclic) bond motifs is 1. The molecular weight excluding hydrogens is 302 g/mol. The van der Waals surface area contributed by atoms with E-state index >= 15 is 0 Å². The lowest BCUT2D eigenvalue weighted by atomic mass is 10.1. The second-order valence-corrected chi connectivity index (χ2v) is 6.44. The van der Waals surface area contributed by atoms with Crippen LogP contribution < -0.4 is 10.1 Å². The number of aryl methyl sites for hydroxylation is 1. The summed E-state index contributed by atoms with van der Waals surface area (Å²) in [6.45, 7) is 8.77. The number of hydrogen-bond acceptors (Lipinski definition) is 3. The first-order valence-electron chi connectivity index (χ1n) is 8.63. The predicted molar refractivity (Wildman–Crippen MR) is 93.5 cm³/mol. The highest BCUT2D eigenvalue weighted by atomic mass is 16.5. The number of rotatable bonds is 5. The van der Waals surface area contributed by atoms with Crippen molar-refractivity contribution in [1.29, 1.82) is 0 Å². The van der Waals surface area contributed by atoms with Crippen LogP contribution >= 0.6 is 0 Å². The highest BCUT2D eigenvalue weighted by molar-refractivity contribution is 5.95. The van der Waals surface area contributed by atoms with Gasteiger partial charge < -0.3 is 10.1 Å². The Kier molecular flexibility index (Phi) is 4.60. The van der Waals surface area contributed by atoms with Gasteiger partial charge >= 0.3 is 0 Å². The summed E-state index contributed by atoms with van der Waals surface area (Å²) < 4.78 is 7.65. The zero-order valence-electron chi connectivity index (χ0n) is 14.8. The molecule has 1 aliphatic heterocycles. The smallest absolute Gasteiger partial charge is 0.255 e. The Labute approximate surface area is 143 Å². The molecule has 1 N–H and O–H groups in total. The van der Waals surface area contributed by atoms with Crippen LogP contribution in [-0.2, 0) is 0 Å². The predicted octanol–water partition coefficient (Wildman–Crippen LogP) is 3.72. The number of amides is 1. The summed E-state index contributed by atoms with van der Waals surface area (Å²) in [4.78, 5) is 12.7. The van der Waals surface area contributed by atoms with Crippen LogP contribution in [0.4, 0.5) is 0 Å². The van der Waals surface area contributed by atoms with Gasteiger partial charge in [-0.25, -0.2) is 0 Å². The van der Waals surface area contributed by atoms with Crippen LogP contribution in [0.15, 0.2) is 24.4 Å². The number of carbonyl (C=O) groups excluding carboxylic acids is 1. The molecule has 0 unspecified atom stereocenters. The van der Waals surface area contributed by atoms with E-state index in [1.54, 1.807) is 6.20 Å². The van der Waals surface area contributed by atoms with Gasteiger partial charge in [-0.2, -0.15) is 5.10 Å². The van der Waals surface area contributed by atoms with Crippen molar-refractivity contribution >= 4 is 5.91 Å². The summed E-state index contributed by atoms with van der Waals surface area (Å²) in [6.07, 6.45) is 3.68. The Morgan fingerprint density at radius 3 is 2.83 bits per heavy atom. The Balaban J connectivity index is 1.79. The molecule has 0 bridgehead atoms. The molecule has 0 spiro atoms. The van der Waals surface area contributed by atoms with Crippen LogP contribution in [0.1, 0.15) is 66.0 Å². The maximum atomic E-state index is 12.7. The molecule has 1 amide bonds. The Morgan fingerprint density at radius 2 is 2.12 bits per heavy atom. The third kappa shape index (κ3) is 2.90. The summed E-state index contributed by atoms with van der Waals surface area (Å²) in [6, 6.07) is 6.29. The third-order valence-corrected chi connectivity index (χ3v) is 4.83. The number of aromatic nitrogens is 2. The van der Waals surface area contributed by atoms with Gasteiger partial charge in [-0.3, -0.25) is 9.48 Å². The lowest BCUT2D eigenvalue weighted by Gasteiger charge is -2.16. The van der Waals surface area contributed by atoms with Crippen LogP contribution in [0.5, 0.6) is 5.75 Å². The maximum absolute atomic E-state index is 12.7. The monoisotopic (exact) mass is 327 g/mol. The second kappa shape index (κ2) is 6.67. The molecule has 1 atom stereocenters. The van der Waals surface area contributed by atoms with Gasteiger partial charge in [-0.05, 0) is 32.8 Å². The van der Waals surface area contributed by atoms with Gasteiger partial charge in [-0.1, -0.05) is 31.5 Å². The fraction of sp³-hybridized carbons (Fsp3) is 0.474. The average Bonchev–Trinajstić information content (AvgIpc) is 3.13. The van der Waals surface area contributed by atoms with E-state index in [-0.39, 0.29) is 11.9 Å². The molecule has 1 aromatic heterocycles. The molecule has 0 aliphatic carbocycles. The Bertz CT molecular complexity index is 747. The summed E-state index contributed by atoms with van der Waals surface area (Å²) >= 11 is 0. The van der Waals surface area contributed by atoms with Crippen molar-refractivity contribution < 1.29 is 9.53 Å². The van der Waals surface area contributed by atoms with Gasteiger partial charge in [-0.15, -0.1) is 0 Å². The van der Waals surface area contributed by atoms with Crippen LogP contribution in [0.2, 0.25) is 0 Å². The molecule has 2 aromatic rings. The minimum atomic E-state index is -0.108. The molecule has 0 radical (unpaired) electrons. The lowest BCUT2D eigenvalue weighted by molar-refractivity contribution is 0.0929. The first-order chi connectivity index (χ1) is 11.5. The molecule has 0 fully saturated rings. The minimum absolute atomic E-state index is 0.0901. The molecule has 1 aromatic carbocycles. The zero-order chi connectivity index (χ0) is 17.3. The van der Waals surface area contributed by atoms with E-state index in [9.17, 15) is 4.79 Å². The van der Waals surface area contributed by atoms with Crippen molar-refractivity contribution in [1.82, 2.24) is 15.1 Å². The van der Waals surface area contributed by atoms with Crippen molar-refractivity contribution in [3.05, 3.63) is 46.8 Å². The van der Waals surface area contributed by atoms with Gasteiger partial charge in [0.05, 0.1) is 23.8 Å². The third-order valence-electron chi connectivity index (χ3n) is 4.83. The molecule has 0 saturated heterocycles. The number of hydrogen-bond donors (Lipinski definition) is 1. The average molecular weight is 327 g/mol. The van der Waals surface area contributed by atoms with Crippen LogP contribution in [0.25, 0.3) is 0 Å². The van der Waals surface area contributed by atoms with Gasteiger partial charge in [0.1, 0.15) is 12.4 Å². The molecule has 1 aliphatic rings. The van der Waals surface area contributed by atoms with Gasteiger partial charge in [0.25, 0.3) is 5.91 Å². The molecule has 128 valence electrons. The number of nitrogens with one attached hydrogen (secondary N) is 1. The topological polar surface area (TPSA) is 56.2 Å². The largest absolute Gasteiger partial charge is 0.491 e. The number of ether oxygens (including phenoxy) is 1. The van der Waals surface area contributed by atoms with E-state index in [1.165, 1.54) is 0 Å². The van der Waals surface area contributed by atoms with Gasteiger partial charge in [0.2, 0.25) is 0 Å². The first-order valence-corrected chi connectivity index (χ1v) is 8.63. The Hall–Kier alpha value is -2.30. The molecule has 0 saturated carbocycles. The van der Waals surface area contributed by atoms with E-state index in [1.807, 2.05) is 30.7 Å². The fourth-order valence-electron chi connectivity index (χ4n) is 3.34. The lowest BCUT2D eigenvalue weighted by Crippen LogP contribution is -2.29. The van der Waals surface area contributed by atoms with Gasteiger partial charge in [0, 0.05) is 11.3 Å². The number of benzene rings is 1. The van der Waals surface area contributed by atoms with E-state index < -0.39 is 0 Å². The normalized spacial score (nSPS) is 16.1.